The minimum absolute atomic E-state index is 0.00000850. The van der Waals surface area contributed by atoms with Crippen LogP contribution in [0.15, 0.2) is 18.2 Å². The van der Waals surface area contributed by atoms with Crippen LogP contribution in [-0.4, -0.2) is 33.4 Å². The third kappa shape index (κ3) is 3.53. The minimum atomic E-state index is -0.0873. The zero-order valence-electron chi connectivity index (χ0n) is 13.0. The van der Waals surface area contributed by atoms with Crippen LogP contribution in [0.1, 0.15) is 55.3 Å². The van der Waals surface area contributed by atoms with E-state index in [1.807, 2.05) is 29.8 Å². The minimum Gasteiger partial charge on any atom is -0.396 e. The molecule has 2 N–H and O–H groups in total. The largest absolute Gasteiger partial charge is 0.396 e. The number of hydrogen-bond donors (Lipinski definition) is 2. The average molecular weight is 291 g/mol. The lowest BCUT2D eigenvalue weighted by atomic mass is 10.1. The summed E-state index contributed by atoms with van der Waals surface area (Å²) in [6.07, 6.45) is 6.60. The van der Waals surface area contributed by atoms with Gasteiger partial charge in [0.05, 0.1) is 11.7 Å². The van der Waals surface area contributed by atoms with E-state index >= 15 is 0 Å². The van der Waals surface area contributed by atoms with Crippen LogP contribution in [0.5, 0.6) is 0 Å². The zero-order chi connectivity index (χ0) is 15.4. The molecular formula is C16H25N3O2. The monoisotopic (exact) mass is 291 g/mol. The highest BCUT2D eigenvalue weighted by Gasteiger charge is 2.23. The molecule has 0 unspecified atom stereocenters. The molecule has 1 aliphatic carbocycles. The number of aromatic nitrogens is 2. The standard InChI is InChI=1S/C16H25N3O2/c1-4-14(5-2)19-15(8-11(3)18-19)16(21)17-13-7-6-12(9-13)10-20/h6-8,12-14,20H,4-5,9-10H2,1-3H3,(H,17,21)/t12-,13+/m0/s1. The number of amides is 1. The SMILES string of the molecule is CCC(CC)n1nc(C)cc1C(=O)N[C@@H]1C=C[C@H](CO)C1. The molecule has 5 nitrogen and oxygen atoms in total. The van der Waals surface area contributed by atoms with Gasteiger partial charge in [-0.15, -0.1) is 0 Å². The molecule has 0 aromatic carbocycles. The Kier molecular flexibility index (Phi) is 5.17. The van der Waals surface area contributed by atoms with Crippen LogP contribution in [-0.2, 0) is 0 Å². The van der Waals surface area contributed by atoms with E-state index in [9.17, 15) is 4.79 Å². The first-order chi connectivity index (χ1) is 10.1. The summed E-state index contributed by atoms with van der Waals surface area (Å²) in [6.45, 7) is 6.26. The lowest BCUT2D eigenvalue weighted by Crippen LogP contribution is -2.34. The number of aliphatic hydroxyl groups is 1. The molecule has 116 valence electrons. The molecule has 1 aromatic heterocycles. The second kappa shape index (κ2) is 6.89. The van der Waals surface area contributed by atoms with E-state index in [0.29, 0.717) is 5.69 Å². The Morgan fingerprint density at radius 3 is 2.76 bits per heavy atom. The highest BCUT2D eigenvalue weighted by atomic mass is 16.3. The Bertz CT molecular complexity index is 518. The molecule has 0 saturated heterocycles. The van der Waals surface area contributed by atoms with Crippen LogP contribution in [0.3, 0.4) is 0 Å². The van der Waals surface area contributed by atoms with Gasteiger partial charge < -0.3 is 10.4 Å². The molecule has 1 aliphatic rings. The Balaban J connectivity index is 2.11. The van der Waals surface area contributed by atoms with Crippen molar-refractivity contribution in [3.63, 3.8) is 0 Å². The summed E-state index contributed by atoms with van der Waals surface area (Å²) in [7, 11) is 0. The summed E-state index contributed by atoms with van der Waals surface area (Å²) in [6, 6.07) is 2.10. The number of nitrogens with zero attached hydrogens (tertiary/aromatic N) is 2. The number of carbonyl (C=O) groups excluding carboxylic acids is 1. The van der Waals surface area contributed by atoms with E-state index in [-0.39, 0.29) is 30.5 Å². The van der Waals surface area contributed by atoms with Gasteiger partial charge in [0.15, 0.2) is 0 Å². The van der Waals surface area contributed by atoms with Crippen LogP contribution < -0.4 is 5.32 Å². The molecular weight excluding hydrogens is 266 g/mol. The van der Waals surface area contributed by atoms with E-state index in [0.717, 1.165) is 25.0 Å². The predicted molar refractivity (Wildman–Crippen MR) is 82.2 cm³/mol. The summed E-state index contributed by atoms with van der Waals surface area (Å²) in [5, 5.41) is 16.6. The fraction of sp³-hybridized carbons (Fsp3) is 0.625. The van der Waals surface area contributed by atoms with Gasteiger partial charge in [0.1, 0.15) is 5.69 Å². The van der Waals surface area contributed by atoms with Crippen LogP contribution in [0.4, 0.5) is 0 Å². The molecule has 0 bridgehead atoms. The fourth-order valence-electron chi connectivity index (χ4n) is 2.86. The maximum atomic E-state index is 12.5. The molecule has 1 heterocycles. The number of rotatable bonds is 6. The molecule has 0 radical (unpaired) electrons. The summed E-state index contributed by atoms with van der Waals surface area (Å²) >= 11 is 0. The van der Waals surface area contributed by atoms with Crippen molar-refractivity contribution >= 4 is 5.91 Å². The molecule has 2 atom stereocenters. The number of carbonyl (C=O) groups is 1. The molecule has 1 amide bonds. The second-order valence-electron chi connectivity index (χ2n) is 5.73. The van der Waals surface area contributed by atoms with Crippen molar-refractivity contribution < 1.29 is 9.90 Å². The van der Waals surface area contributed by atoms with Gasteiger partial charge in [-0.25, -0.2) is 0 Å². The summed E-state index contributed by atoms with van der Waals surface area (Å²) in [5.74, 6) is 0.0664. The van der Waals surface area contributed by atoms with E-state index < -0.39 is 0 Å². The van der Waals surface area contributed by atoms with Crippen LogP contribution in [0.2, 0.25) is 0 Å². The topological polar surface area (TPSA) is 67.2 Å². The van der Waals surface area contributed by atoms with Gasteiger partial charge in [0, 0.05) is 18.6 Å². The van der Waals surface area contributed by atoms with Gasteiger partial charge in [-0.05, 0) is 32.3 Å². The first-order valence-electron chi connectivity index (χ1n) is 7.75. The van der Waals surface area contributed by atoms with E-state index in [4.69, 9.17) is 5.11 Å². The molecule has 0 spiro atoms. The molecule has 5 heteroatoms. The van der Waals surface area contributed by atoms with Crippen molar-refractivity contribution in [2.45, 2.75) is 52.1 Å². The van der Waals surface area contributed by atoms with E-state index in [1.165, 1.54) is 0 Å². The van der Waals surface area contributed by atoms with Crippen molar-refractivity contribution in [3.8, 4) is 0 Å². The second-order valence-corrected chi connectivity index (χ2v) is 5.73. The van der Waals surface area contributed by atoms with Crippen molar-refractivity contribution in [2.75, 3.05) is 6.61 Å². The Labute approximate surface area is 126 Å². The summed E-state index contributed by atoms with van der Waals surface area (Å²) < 4.78 is 1.85. The van der Waals surface area contributed by atoms with Crippen LogP contribution in [0, 0.1) is 12.8 Å². The normalized spacial score (nSPS) is 21.2. The molecule has 2 rings (SSSR count). The third-order valence-electron chi connectivity index (χ3n) is 4.10. The molecule has 1 aromatic rings. The average Bonchev–Trinajstić information content (AvgIpc) is 3.07. The van der Waals surface area contributed by atoms with Crippen molar-refractivity contribution in [1.82, 2.24) is 15.1 Å². The lowest BCUT2D eigenvalue weighted by Gasteiger charge is -2.18. The highest BCUT2D eigenvalue weighted by Crippen LogP contribution is 2.20. The van der Waals surface area contributed by atoms with Crippen LogP contribution >= 0.6 is 0 Å². The third-order valence-corrected chi connectivity index (χ3v) is 4.10. The quantitative estimate of drug-likeness (QED) is 0.790. The number of aryl methyl sites for hydroxylation is 1. The first-order valence-corrected chi connectivity index (χ1v) is 7.75. The van der Waals surface area contributed by atoms with Crippen LogP contribution in [0.25, 0.3) is 0 Å². The van der Waals surface area contributed by atoms with Gasteiger partial charge in [-0.1, -0.05) is 26.0 Å². The maximum absolute atomic E-state index is 12.5. The number of nitrogens with one attached hydrogen (secondary N) is 1. The molecule has 21 heavy (non-hydrogen) atoms. The van der Waals surface area contributed by atoms with E-state index in [1.54, 1.807) is 0 Å². The predicted octanol–water partition coefficient (Wildman–Crippen LogP) is 2.22. The Hall–Kier alpha value is -1.62. The molecule has 0 saturated carbocycles. The number of hydrogen-bond acceptors (Lipinski definition) is 3. The highest BCUT2D eigenvalue weighted by molar-refractivity contribution is 5.93. The molecule has 0 aliphatic heterocycles. The van der Waals surface area contributed by atoms with Crippen molar-refractivity contribution in [1.29, 1.82) is 0 Å². The Morgan fingerprint density at radius 2 is 2.19 bits per heavy atom. The lowest BCUT2D eigenvalue weighted by molar-refractivity contribution is 0.0927. The molecule has 0 fully saturated rings. The van der Waals surface area contributed by atoms with Gasteiger partial charge in [0.25, 0.3) is 5.91 Å². The van der Waals surface area contributed by atoms with Crippen molar-refractivity contribution in [3.05, 3.63) is 29.6 Å². The Morgan fingerprint density at radius 1 is 1.48 bits per heavy atom. The first kappa shape index (κ1) is 15.8. The fourth-order valence-corrected chi connectivity index (χ4v) is 2.86. The number of aliphatic hydroxyl groups excluding tert-OH is 1. The van der Waals surface area contributed by atoms with Gasteiger partial charge in [0.2, 0.25) is 0 Å². The summed E-state index contributed by atoms with van der Waals surface area (Å²) in [4.78, 5) is 12.5. The van der Waals surface area contributed by atoms with Gasteiger partial charge >= 0.3 is 0 Å². The van der Waals surface area contributed by atoms with E-state index in [2.05, 4.69) is 24.3 Å². The zero-order valence-corrected chi connectivity index (χ0v) is 13.0. The van der Waals surface area contributed by atoms with Gasteiger partial charge in [-0.3, -0.25) is 9.48 Å². The smallest absolute Gasteiger partial charge is 0.270 e. The van der Waals surface area contributed by atoms with Crippen molar-refractivity contribution in [2.24, 2.45) is 5.92 Å². The van der Waals surface area contributed by atoms with Gasteiger partial charge in [-0.2, -0.15) is 5.10 Å². The maximum Gasteiger partial charge on any atom is 0.270 e. The summed E-state index contributed by atoms with van der Waals surface area (Å²) in [5.41, 5.74) is 1.49.